The maximum absolute atomic E-state index is 7.00. The first-order valence-corrected chi connectivity index (χ1v) is 13.6. The number of rotatable bonds is 5. The molecule has 3 N–H and O–H groups in total. The Hall–Kier alpha value is -1.96. The molecule has 3 aliphatic rings. The Bertz CT molecular complexity index is 869. The van der Waals surface area contributed by atoms with Crippen LogP contribution in [0.2, 0.25) is 0 Å². The topological polar surface area (TPSA) is 38.0 Å². The number of nitrogens with one attached hydrogen (secondary N) is 1. The zero-order valence-electron chi connectivity index (χ0n) is 19.9. The first kappa shape index (κ1) is 21.9. The van der Waals surface area contributed by atoms with E-state index in [0.29, 0.717) is 17.8 Å². The Labute approximate surface area is 195 Å². The third kappa shape index (κ3) is 4.70. The van der Waals surface area contributed by atoms with Gasteiger partial charge in [-0.05, 0) is 91.2 Å². The van der Waals surface area contributed by atoms with Gasteiger partial charge in [0.15, 0.2) is 0 Å². The van der Waals surface area contributed by atoms with Gasteiger partial charge < -0.3 is 11.1 Å². The van der Waals surface area contributed by atoms with Crippen LogP contribution >= 0.6 is 0 Å². The minimum atomic E-state index is 0.650. The molecule has 32 heavy (non-hydrogen) atoms. The standard InChI is InChI=1S/C30H42N2/c31-27-21-26(22-13-5-1-6-14-22)30(32-25-19-11-4-12-20-25)29(24-17-9-3-10-18-24)28(27)23-15-7-2-8-16-23/h4,11-12,19-24,32H,1-3,5-10,13-18,31H2. The molecule has 3 aliphatic carbocycles. The Morgan fingerprint density at radius 2 is 1.09 bits per heavy atom. The number of hydrogen-bond acceptors (Lipinski definition) is 2. The van der Waals surface area contributed by atoms with Crippen LogP contribution in [0.25, 0.3) is 0 Å². The second-order valence-electron chi connectivity index (χ2n) is 10.8. The fraction of sp³-hybridized carbons (Fsp3) is 0.600. The van der Waals surface area contributed by atoms with E-state index in [9.17, 15) is 0 Å². The van der Waals surface area contributed by atoms with E-state index in [1.165, 1.54) is 119 Å². The van der Waals surface area contributed by atoms with Crippen molar-refractivity contribution in [2.75, 3.05) is 11.1 Å². The molecule has 0 amide bonds. The monoisotopic (exact) mass is 430 g/mol. The van der Waals surface area contributed by atoms with Gasteiger partial charge in [0.25, 0.3) is 0 Å². The summed E-state index contributed by atoms with van der Waals surface area (Å²) in [6.45, 7) is 0. The molecule has 0 aliphatic heterocycles. The van der Waals surface area contributed by atoms with Crippen LogP contribution in [-0.4, -0.2) is 0 Å². The number of nitrogens with two attached hydrogens (primary N) is 1. The maximum Gasteiger partial charge on any atom is 0.0459 e. The predicted molar refractivity (Wildman–Crippen MR) is 138 cm³/mol. The predicted octanol–water partition coefficient (Wildman–Crippen LogP) is 9.16. The highest BCUT2D eigenvalue weighted by Crippen LogP contribution is 2.51. The van der Waals surface area contributed by atoms with E-state index < -0.39 is 0 Å². The molecule has 0 spiro atoms. The van der Waals surface area contributed by atoms with Crippen LogP contribution in [0.3, 0.4) is 0 Å². The lowest BCUT2D eigenvalue weighted by Crippen LogP contribution is -2.19. The Morgan fingerprint density at radius 1 is 0.594 bits per heavy atom. The lowest BCUT2D eigenvalue weighted by molar-refractivity contribution is 0.418. The SMILES string of the molecule is Nc1cc(C2CCCCC2)c(Nc2ccccc2)c(C2CCCCC2)c1C1CCCCC1. The molecule has 5 rings (SSSR count). The molecule has 0 bridgehead atoms. The number of nitrogen functional groups attached to an aromatic ring is 1. The number of anilines is 3. The molecule has 172 valence electrons. The highest BCUT2D eigenvalue weighted by molar-refractivity contribution is 5.76. The average Bonchev–Trinajstić information content (AvgIpc) is 2.87. The Morgan fingerprint density at radius 3 is 1.66 bits per heavy atom. The molecule has 3 saturated carbocycles. The van der Waals surface area contributed by atoms with Gasteiger partial charge in [-0.15, -0.1) is 0 Å². The zero-order valence-corrected chi connectivity index (χ0v) is 19.9. The second-order valence-corrected chi connectivity index (χ2v) is 10.8. The van der Waals surface area contributed by atoms with E-state index in [-0.39, 0.29) is 0 Å². The summed E-state index contributed by atoms with van der Waals surface area (Å²) in [7, 11) is 0. The summed E-state index contributed by atoms with van der Waals surface area (Å²) in [5.41, 5.74) is 15.5. The molecule has 0 saturated heterocycles. The van der Waals surface area contributed by atoms with Crippen LogP contribution in [0.1, 0.15) is 131 Å². The van der Waals surface area contributed by atoms with Gasteiger partial charge in [0, 0.05) is 17.1 Å². The number of hydrogen-bond donors (Lipinski definition) is 2. The molecule has 2 aromatic carbocycles. The number of para-hydroxylation sites is 1. The highest BCUT2D eigenvalue weighted by atomic mass is 14.9. The molecule has 2 heteroatoms. The van der Waals surface area contributed by atoms with Crippen LogP contribution in [0, 0.1) is 0 Å². The largest absolute Gasteiger partial charge is 0.398 e. The zero-order chi connectivity index (χ0) is 21.8. The summed E-state index contributed by atoms with van der Waals surface area (Å²) in [5.74, 6) is 1.97. The minimum absolute atomic E-state index is 0.650. The Balaban J connectivity index is 1.67. The molecule has 0 atom stereocenters. The van der Waals surface area contributed by atoms with Crippen molar-refractivity contribution in [1.29, 1.82) is 0 Å². The van der Waals surface area contributed by atoms with Crippen molar-refractivity contribution in [3.8, 4) is 0 Å². The van der Waals surface area contributed by atoms with E-state index in [2.05, 4.69) is 41.7 Å². The lowest BCUT2D eigenvalue weighted by Gasteiger charge is -2.36. The third-order valence-electron chi connectivity index (χ3n) is 8.59. The number of benzene rings is 2. The van der Waals surface area contributed by atoms with Gasteiger partial charge in [-0.1, -0.05) is 76.0 Å². The summed E-state index contributed by atoms with van der Waals surface area (Å²) in [6, 6.07) is 13.3. The molecule has 0 aromatic heterocycles. The van der Waals surface area contributed by atoms with E-state index in [0.717, 1.165) is 5.69 Å². The van der Waals surface area contributed by atoms with Crippen molar-refractivity contribution in [2.45, 2.75) is 114 Å². The third-order valence-corrected chi connectivity index (χ3v) is 8.59. The second kappa shape index (κ2) is 10.3. The summed E-state index contributed by atoms with van der Waals surface area (Å²) < 4.78 is 0. The van der Waals surface area contributed by atoms with Gasteiger partial charge in [-0.3, -0.25) is 0 Å². The molecule has 0 radical (unpaired) electrons. The van der Waals surface area contributed by atoms with E-state index in [1.54, 1.807) is 5.56 Å². The van der Waals surface area contributed by atoms with Crippen LogP contribution in [0.5, 0.6) is 0 Å². The average molecular weight is 431 g/mol. The fourth-order valence-corrected chi connectivity index (χ4v) is 6.97. The summed E-state index contributed by atoms with van der Waals surface area (Å²) >= 11 is 0. The summed E-state index contributed by atoms with van der Waals surface area (Å²) in [4.78, 5) is 0. The maximum atomic E-state index is 7.00. The van der Waals surface area contributed by atoms with E-state index in [1.807, 2.05) is 0 Å². The van der Waals surface area contributed by atoms with Crippen molar-refractivity contribution < 1.29 is 0 Å². The molecule has 2 aromatic rings. The van der Waals surface area contributed by atoms with Crippen molar-refractivity contribution in [2.24, 2.45) is 0 Å². The van der Waals surface area contributed by atoms with Gasteiger partial charge in [-0.25, -0.2) is 0 Å². The van der Waals surface area contributed by atoms with Gasteiger partial charge in [0.2, 0.25) is 0 Å². The molecule has 0 unspecified atom stereocenters. The Kier molecular flexibility index (Phi) is 7.05. The van der Waals surface area contributed by atoms with Gasteiger partial charge in [0.05, 0.1) is 0 Å². The van der Waals surface area contributed by atoms with Gasteiger partial charge in [-0.2, -0.15) is 0 Å². The van der Waals surface area contributed by atoms with Crippen molar-refractivity contribution in [1.82, 2.24) is 0 Å². The minimum Gasteiger partial charge on any atom is -0.398 e. The van der Waals surface area contributed by atoms with E-state index >= 15 is 0 Å². The summed E-state index contributed by atoms with van der Waals surface area (Å²) in [6.07, 6.45) is 20.3. The smallest absolute Gasteiger partial charge is 0.0459 e. The van der Waals surface area contributed by atoms with Crippen molar-refractivity contribution in [3.63, 3.8) is 0 Å². The van der Waals surface area contributed by atoms with Crippen LogP contribution < -0.4 is 11.1 Å². The summed E-state index contributed by atoms with van der Waals surface area (Å²) in [5, 5.41) is 3.99. The van der Waals surface area contributed by atoms with Gasteiger partial charge in [0.1, 0.15) is 0 Å². The van der Waals surface area contributed by atoms with Crippen molar-refractivity contribution >= 4 is 17.1 Å². The first-order valence-electron chi connectivity index (χ1n) is 13.6. The van der Waals surface area contributed by atoms with Crippen LogP contribution in [0.15, 0.2) is 36.4 Å². The highest BCUT2D eigenvalue weighted by Gasteiger charge is 2.32. The molecule has 0 heterocycles. The van der Waals surface area contributed by atoms with Crippen LogP contribution in [0.4, 0.5) is 17.1 Å². The van der Waals surface area contributed by atoms with E-state index in [4.69, 9.17) is 5.73 Å². The quantitative estimate of drug-likeness (QED) is 0.464. The van der Waals surface area contributed by atoms with Crippen LogP contribution in [-0.2, 0) is 0 Å². The molecule has 2 nitrogen and oxygen atoms in total. The first-order chi connectivity index (χ1) is 15.8. The van der Waals surface area contributed by atoms with Gasteiger partial charge >= 0.3 is 0 Å². The van der Waals surface area contributed by atoms with Crippen molar-refractivity contribution in [3.05, 3.63) is 53.1 Å². The molecule has 3 fully saturated rings. The fourth-order valence-electron chi connectivity index (χ4n) is 6.97. The normalized spacial score (nSPS) is 21.5. The molecular weight excluding hydrogens is 388 g/mol. The lowest BCUT2D eigenvalue weighted by atomic mass is 9.72. The molecular formula is C30H42N2.